The summed E-state index contributed by atoms with van der Waals surface area (Å²) in [4.78, 5) is 31.3. The van der Waals surface area contributed by atoms with Crippen LogP contribution in [-0.4, -0.2) is 56.3 Å². The van der Waals surface area contributed by atoms with Gasteiger partial charge in [-0.1, -0.05) is 50.2 Å². The summed E-state index contributed by atoms with van der Waals surface area (Å²) in [5.41, 5.74) is 2.86. The molecule has 2 atom stereocenters. The molecule has 0 spiro atoms. The monoisotopic (exact) mass is 681 g/mol. The Balaban J connectivity index is 1.22. The van der Waals surface area contributed by atoms with Crippen LogP contribution in [0.25, 0.3) is 33.4 Å². The number of fused-ring (bicyclic) bond motifs is 2. The number of aromatic hydroxyl groups is 1. The SMILES string of the molecule is CC(C)C[C@]1(CCO)C[C@H](CNC(=S)Nc2ccc(-c3c4ccc(=O)cc-4oc4cc(O)ccc34)c(C(=O)O)c2)ON1Cc1ccccc1. The molecule has 0 saturated carbocycles. The minimum atomic E-state index is -1.15. The molecule has 2 heterocycles. The molecule has 1 saturated heterocycles. The Morgan fingerprint density at radius 1 is 1.04 bits per heavy atom. The molecule has 6 rings (SSSR count). The number of thiocarbonyl (C=S) groups is 1. The maximum atomic E-state index is 12.6. The zero-order chi connectivity index (χ0) is 34.7. The molecule has 0 bridgehead atoms. The number of carboxylic acid groups (broad SMARTS) is 1. The third-order valence-electron chi connectivity index (χ3n) is 8.89. The van der Waals surface area contributed by atoms with Crippen molar-refractivity contribution in [3.05, 3.63) is 106 Å². The van der Waals surface area contributed by atoms with Gasteiger partial charge in [0.15, 0.2) is 10.5 Å². The van der Waals surface area contributed by atoms with E-state index in [0.717, 1.165) is 12.0 Å². The van der Waals surface area contributed by atoms with Crippen molar-refractivity contribution in [2.45, 2.75) is 51.3 Å². The predicted molar refractivity (Wildman–Crippen MR) is 193 cm³/mol. The van der Waals surface area contributed by atoms with Crippen molar-refractivity contribution in [1.82, 2.24) is 10.4 Å². The van der Waals surface area contributed by atoms with E-state index in [1.807, 2.05) is 23.3 Å². The first kappa shape index (κ1) is 34.1. The maximum absolute atomic E-state index is 12.6. The van der Waals surface area contributed by atoms with Crippen molar-refractivity contribution < 1.29 is 29.4 Å². The minimum Gasteiger partial charge on any atom is -0.508 e. The number of aliphatic hydroxyl groups excluding tert-OH is 1. The summed E-state index contributed by atoms with van der Waals surface area (Å²) < 4.78 is 5.93. The highest BCUT2D eigenvalue weighted by Crippen LogP contribution is 2.43. The Hall–Kier alpha value is -4.81. The molecule has 10 nitrogen and oxygen atoms in total. The van der Waals surface area contributed by atoms with Crippen molar-refractivity contribution in [3.63, 3.8) is 0 Å². The number of carbonyl (C=O) groups is 1. The second kappa shape index (κ2) is 14.4. The highest BCUT2D eigenvalue weighted by atomic mass is 32.1. The van der Waals surface area contributed by atoms with Crippen LogP contribution in [0.4, 0.5) is 5.69 Å². The summed E-state index contributed by atoms with van der Waals surface area (Å²) in [5, 5.41) is 39.7. The van der Waals surface area contributed by atoms with Gasteiger partial charge in [0.25, 0.3) is 0 Å². The quantitative estimate of drug-likeness (QED) is 0.0757. The first-order valence-electron chi connectivity index (χ1n) is 16.3. The molecule has 5 N–H and O–H groups in total. The first-order valence-corrected chi connectivity index (χ1v) is 16.7. The Bertz CT molecular complexity index is 2010. The van der Waals surface area contributed by atoms with Gasteiger partial charge in [0.1, 0.15) is 17.1 Å². The number of hydrogen-bond acceptors (Lipinski definition) is 8. The second-order valence-corrected chi connectivity index (χ2v) is 13.4. The zero-order valence-electron chi connectivity index (χ0n) is 27.3. The number of anilines is 1. The predicted octanol–water partition coefficient (Wildman–Crippen LogP) is 6.63. The van der Waals surface area contributed by atoms with E-state index in [4.69, 9.17) is 21.5 Å². The van der Waals surface area contributed by atoms with Gasteiger partial charge < -0.3 is 30.4 Å². The number of rotatable bonds is 11. The van der Waals surface area contributed by atoms with Crippen LogP contribution in [0.3, 0.4) is 0 Å². The molecule has 0 amide bonds. The van der Waals surface area contributed by atoms with E-state index >= 15 is 0 Å². The fourth-order valence-electron chi connectivity index (χ4n) is 6.95. The molecule has 0 unspecified atom stereocenters. The molecule has 0 radical (unpaired) electrons. The lowest BCUT2D eigenvalue weighted by atomic mass is 9.81. The van der Waals surface area contributed by atoms with E-state index in [-0.39, 0.29) is 40.8 Å². The van der Waals surface area contributed by atoms with Gasteiger partial charge in [-0.15, -0.1) is 0 Å². The number of aliphatic hydroxyl groups is 1. The fourth-order valence-corrected chi connectivity index (χ4v) is 7.15. The van der Waals surface area contributed by atoms with Crippen LogP contribution < -0.4 is 16.1 Å². The second-order valence-electron chi connectivity index (χ2n) is 13.0. The van der Waals surface area contributed by atoms with Crippen molar-refractivity contribution in [2.75, 3.05) is 18.5 Å². The van der Waals surface area contributed by atoms with Gasteiger partial charge in [-0.25, -0.2) is 4.79 Å². The Labute approximate surface area is 289 Å². The van der Waals surface area contributed by atoms with Gasteiger partial charge in [-0.05, 0) is 84.9 Å². The molecule has 49 heavy (non-hydrogen) atoms. The van der Waals surface area contributed by atoms with Gasteiger partial charge >= 0.3 is 5.97 Å². The Morgan fingerprint density at radius 3 is 2.55 bits per heavy atom. The lowest BCUT2D eigenvalue weighted by Crippen LogP contribution is -2.44. The Kier molecular flexibility index (Phi) is 9.98. The van der Waals surface area contributed by atoms with Gasteiger partial charge in [-0.2, -0.15) is 5.06 Å². The lowest BCUT2D eigenvalue weighted by Gasteiger charge is -2.37. The van der Waals surface area contributed by atoms with Crippen LogP contribution in [0.1, 0.15) is 49.0 Å². The average molecular weight is 682 g/mol. The molecule has 3 aromatic carbocycles. The third-order valence-corrected chi connectivity index (χ3v) is 9.14. The number of hydrogen-bond donors (Lipinski definition) is 5. The van der Waals surface area contributed by atoms with E-state index < -0.39 is 5.97 Å². The standard InChI is InChI=1S/C38H39N3O7S/c1-23(2)19-38(14-15-42)20-28(48-41(38)22-24-6-4-3-5-7-24)21-39-37(49)40-25-8-11-29(32(16-25)36(45)46)35-30-12-9-26(43)17-33(30)47-34-18-27(44)10-13-31(34)35/h3-13,16-18,23,28,42-43H,14-15,19-22H2,1-2H3,(H,45,46)(H2,39,40,49)/t28-,38-/m1/s1. The van der Waals surface area contributed by atoms with Gasteiger partial charge in [0, 0.05) is 54.0 Å². The number of carboxylic acids is 1. The number of hydroxylamine groups is 2. The zero-order valence-corrected chi connectivity index (χ0v) is 28.1. The Morgan fingerprint density at radius 2 is 1.82 bits per heavy atom. The molecule has 1 aliphatic carbocycles. The molecule has 3 aromatic rings. The van der Waals surface area contributed by atoms with Crippen molar-refractivity contribution in [3.8, 4) is 28.2 Å². The van der Waals surface area contributed by atoms with Crippen LogP contribution in [0.15, 0.2) is 94.1 Å². The number of phenols is 1. The maximum Gasteiger partial charge on any atom is 0.336 e. The summed E-state index contributed by atoms with van der Waals surface area (Å²) >= 11 is 5.63. The molecule has 1 fully saturated rings. The highest BCUT2D eigenvalue weighted by Gasteiger charge is 2.46. The number of nitrogens with zero attached hydrogens (tertiary/aromatic N) is 1. The fraction of sp³-hybridized carbons (Fsp3) is 0.289. The molecule has 11 heteroatoms. The summed E-state index contributed by atoms with van der Waals surface area (Å²) in [6.07, 6.45) is 1.96. The van der Waals surface area contributed by atoms with Crippen molar-refractivity contribution >= 4 is 40.0 Å². The molecule has 0 aromatic heterocycles. The van der Waals surface area contributed by atoms with E-state index in [1.54, 1.807) is 24.3 Å². The lowest BCUT2D eigenvalue weighted by molar-refractivity contribution is -0.200. The highest BCUT2D eigenvalue weighted by molar-refractivity contribution is 7.80. The summed E-state index contributed by atoms with van der Waals surface area (Å²) in [6.45, 7) is 5.40. The van der Waals surface area contributed by atoms with Crippen LogP contribution in [0.2, 0.25) is 0 Å². The summed E-state index contributed by atoms with van der Waals surface area (Å²) in [7, 11) is 0. The third kappa shape index (κ3) is 7.45. The van der Waals surface area contributed by atoms with E-state index in [0.29, 0.717) is 70.3 Å². The van der Waals surface area contributed by atoms with Gasteiger partial charge in [0.2, 0.25) is 0 Å². The van der Waals surface area contributed by atoms with E-state index in [1.165, 1.54) is 30.3 Å². The van der Waals surface area contributed by atoms with Gasteiger partial charge in [-0.3, -0.25) is 9.63 Å². The van der Waals surface area contributed by atoms with E-state index in [9.17, 15) is 24.9 Å². The number of benzene rings is 4. The van der Waals surface area contributed by atoms with Gasteiger partial charge in [0.05, 0.1) is 17.2 Å². The van der Waals surface area contributed by atoms with Crippen LogP contribution in [0.5, 0.6) is 5.75 Å². The molecule has 3 aliphatic rings. The number of aromatic carboxylic acids is 1. The summed E-state index contributed by atoms with van der Waals surface area (Å²) in [5.74, 6) is -0.504. The number of phenolic OH excluding ortho intramolecular Hbond substituents is 1. The molecule has 2 aliphatic heterocycles. The largest absolute Gasteiger partial charge is 0.508 e. The van der Waals surface area contributed by atoms with Crippen molar-refractivity contribution in [1.29, 1.82) is 0 Å². The molecular formula is C38H39N3O7S. The summed E-state index contributed by atoms with van der Waals surface area (Å²) in [6, 6.07) is 24.0. The molecule has 254 valence electrons. The molecular weight excluding hydrogens is 642 g/mol. The average Bonchev–Trinajstić information content (AvgIpc) is 3.38. The minimum absolute atomic E-state index is 0.0130. The van der Waals surface area contributed by atoms with Crippen LogP contribution in [-0.2, 0) is 11.4 Å². The van der Waals surface area contributed by atoms with Crippen molar-refractivity contribution in [2.24, 2.45) is 5.92 Å². The topological polar surface area (TPSA) is 144 Å². The van der Waals surface area contributed by atoms with Crippen LogP contribution >= 0.6 is 12.2 Å². The first-order chi connectivity index (χ1) is 23.5. The van der Waals surface area contributed by atoms with Crippen LogP contribution in [0, 0.1) is 5.92 Å². The smallest absolute Gasteiger partial charge is 0.336 e. The normalized spacial score (nSPS) is 17.9. The number of nitrogens with one attached hydrogen (secondary N) is 2. The van der Waals surface area contributed by atoms with E-state index in [2.05, 4.69) is 36.6 Å².